The number of benzene rings is 1. The number of hydrogen-bond donors (Lipinski definition) is 2. The van der Waals surface area contributed by atoms with Crippen LogP contribution in [0.2, 0.25) is 5.02 Å². The number of nitriles is 1. The normalized spacial score (nSPS) is 21.0. The van der Waals surface area contributed by atoms with Crippen molar-refractivity contribution in [3.63, 3.8) is 0 Å². The summed E-state index contributed by atoms with van der Waals surface area (Å²) in [6.45, 7) is 1.23. The zero-order valence-corrected chi connectivity index (χ0v) is 15.2. The van der Waals surface area contributed by atoms with Gasteiger partial charge in [-0.1, -0.05) is 23.7 Å². The summed E-state index contributed by atoms with van der Waals surface area (Å²) in [6, 6.07) is 7.12. The molecule has 3 amide bonds. The maximum Gasteiger partial charge on any atom is 0.290 e. The second-order valence-electron chi connectivity index (χ2n) is 5.86. The fourth-order valence-corrected chi connectivity index (χ4v) is 3.95. The molecule has 0 bridgehead atoms. The van der Waals surface area contributed by atoms with Crippen molar-refractivity contribution in [2.75, 3.05) is 18.0 Å². The lowest BCUT2D eigenvalue weighted by atomic mass is 10.1. The Kier molecular flexibility index (Phi) is 5.49. The molecule has 3 rings (SSSR count). The van der Waals surface area contributed by atoms with Gasteiger partial charge in [0.25, 0.3) is 11.1 Å². The molecule has 2 aliphatic heterocycles. The SMILES string of the molecule is N#CCC(=O)N[C@H]1CCN(c2c(Cl)cccc2C=C2SC(=O)NC2=O)C1. The lowest BCUT2D eigenvalue weighted by molar-refractivity contribution is -0.120. The van der Waals surface area contributed by atoms with Gasteiger partial charge in [0.1, 0.15) is 6.42 Å². The van der Waals surface area contributed by atoms with Crippen LogP contribution in [-0.4, -0.2) is 36.2 Å². The van der Waals surface area contributed by atoms with Crippen molar-refractivity contribution >= 4 is 52.2 Å². The molecule has 1 aromatic rings. The van der Waals surface area contributed by atoms with Gasteiger partial charge in [-0.2, -0.15) is 5.26 Å². The number of nitrogens with one attached hydrogen (secondary N) is 2. The summed E-state index contributed by atoms with van der Waals surface area (Å²) in [5.74, 6) is -0.715. The topological polar surface area (TPSA) is 102 Å². The number of para-hydroxylation sites is 1. The zero-order chi connectivity index (χ0) is 18.7. The first-order valence-electron chi connectivity index (χ1n) is 7.92. The molecule has 0 radical (unpaired) electrons. The van der Waals surface area contributed by atoms with Gasteiger partial charge in [0, 0.05) is 24.7 Å². The van der Waals surface area contributed by atoms with Crippen molar-refractivity contribution in [3.8, 4) is 6.07 Å². The summed E-state index contributed by atoms with van der Waals surface area (Å²) in [7, 11) is 0. The monoisotopic (exact) mass is 390 g/mol. The summed E-state index contributed by atoms with van der Waals surface area (Å²) in [5, 5.41) is 13.8. The van der Waals surface area contributed by atoms with E-state index in [1.165, 1.54) is 0 Å². The molecule has 0 saturated carbocycles. The first-order valence-corrected chi connectivity index (χ1v) is 9.12. The smallest absolute Gasteiger partial charge is 0.290 e. The average molecular weight is 391 g/mol. The van der Waals surface area contributed by atoms with E-state index >= 15 is 0 Å². The maximum absolute atomic E-state index is 11.8. The van der Waals surface area contributed by atoms with Crippen molar-refractivity contribution in [2.24, 2.45) is 0 Å². The fraction of sp³-hybridized carbons (Fsp3) is 0.294. The fourth-order valence-electron chi connectivity index (χ4n) is 2.98. The van der Waals surface area contributed by atoms with Crippen LogP contribution in [0.1, 0.15) is 18.4 Å². The van der Waals surface area contributed by atoms with E-state index < -0.39 is 11.1 Å². The third-order valence-electron chi connectivity index (χ3n) is 4.06. The number of anilines is 1. The maximum atomic E-state index is 11.8. The van der Waals surface area contributed by atoms with E-state index in [4.69, 9.17) is 16.9 Å². The van der Waals surface area contributed by atoms with Crippen LogP contribution < -0.4 is 15.5 Å². The highest BCUT2D eigenvalue weighted by Gasteiger charge is 2.28. The number of carbonyl (C=O) groups is 3. The molecule has 2 fully saturated rings. The number of halogens is 1. The van der Waals surface area contributed by atoms with E-state index in [9.17, 15) is 14.4 Å². The third kappa shape index (κ3) is 4.00. The number of thioether (sulfide) groups is 1. The standard InChI is InChI=1S/C17H15ClN4O3S/c18-12-3-1-2-10(8-13-16(24)21-17(25)26-13)15(12)22-7-5-11(9-22)20-14(23)4-6-19/h1-3,8,11H,4-5,7,9H2,(H,20,23)(H,21,24,25)/t11-/m0/s1. The lowest BCUT2D eigenvalue weighted by Crippen LogP contribution is -2.36. The molecule has 0 unspecified atom stereocenters. The highest BCUT2D eigenvalue weighted by atomic mass is 35.5. The van der Waals surface area contributed by atoms with E-state index in [0.717, 1.165) is 29.4 Å². The molecular formula is C17H15ClN4O3S. The third-order valence-corrected chi connectivity index (χ3v) is 5.17. The zero-order valence-electron chi connectivity index (χ0n) is 13.6. The molecule has 0 spiro atoms. The second-order valence-corrected chi connectivity index (χ2v) is 7.29. The first-order chi connectivity index (χ1) is 12.5. The Morgan fingerprint density at radius 3 is 3.00 bits per heavy atom. The van der Waals surface area contributed by atoms with Crippen LogP contribution >= 0.6 is 23.4 Å². The van der Waals surface area contributed by atoms with Gasteiger partial charge in [0.15, 0.2) is 0 Å². The Bertz CT molecular complexity index is 849. The number of amides is 3. The molecule has 0 aliphatic carbocycles. The van der Waals surface area contributed by atoms with Gasteiger partial charge in [0.05, 0.1) is 21.7 Å². The Hall–Kier alpha value is -2.50. The van der Waals surface area contributed by atoms with E-state index in [1.54, 1.807) is 18.2 Å². The van der Waals surface area contributed by atoms with Gasteiger partial charge in [-0.3, -0.25) is 19.7 Å². The van der Waals surface area contributed by atoms with Gasteiger partial charge >= 0.3 is 0 Å². The Morgan fingerprint density at radius 2 is 2.31 bits per heavy atom. The minimum absolute atomic E-state index is 0.0710. The summed E-state index contributed by atoms with van der Waals surface area (Å²) in [5.41, 5.74) is 1.49. The number of carbonyl (C=O) groups excluding carboxylic acids is 3. The lowest BCUT2D eigenvalue weighted by Gasteiger charge is -2.22. The largest absolute Gasteiger partial charge is 0.368 e. The van der Waals surface area contributed by atoms with E-state index in [-0.39, 0.29) is 18.4 Å². The molecule has 0 aromatic heterocycles. The van der Waals surface area contributed by atoms with Crippen LogP contribution in [0.3, 0.4) is 0 Å². The highest BCUT2D eigenvalue weighted by molar-refractivity contribution is 8.18. The van der Waals surface area contributed by atoms with E-state index in [0.29, 0.717) is 23.0 Å². The van der Waals surface area contributed by atoms with Crippen molar-refractivity contribution in [2.45, 2.75) is 18.9 Å². The van der Waals surface area contributed by atoms with Crippen LogP contribution in [0.5, 0.6) is 0 Å². The van der Waals surface area contributed by atoms with Crippen LogP contribution in [0.4, 0.5) is 10.5 Å². The second kappa shape index (κ2) is 7.81. The molecule has 2 N–H and O–H groups in total. The first kappa shape index (κ1) is 18.3. The van der Waals surface area contributed by atoms with Gasteiger partial charge in [0.2, 0.25) is 5.91 Å². The van der Waals surface area contributed by atoms with Gasteiger partial charge in [-0.05, 0) is 30.3 Å². The highest BCUT2D eigenvalue weighted by Crippen LogP contribution is 2.36. The van der Waals surface area contributed by atoms with Crippen LogP contribution in [0.25, 0.3) is 6.08 Å². The summed E-state index contributed by atoms with van der Waals surface area (Å²) in [6.07, 6.45) is 2.21. The van der Waals surface area contributed by atoms with Gasteiger partial charge < -0.3 is 10.2 Å². The number of rotatable bonds is 4. The Morgan fingerprint density at radius 1 is 1.50 bits per heavy atom. The number of nitrogens with zero attached hydrogens (tertiary/aromatic N) is 2. The molecule has 2 heterocycles. The van der Waals surface area contributed by atoms with Crippen LogP contribution in [0.15, 0.2) is 23.1 Å². The van der Waals surface area contributed by atoms with Gasteiger partial charge in [-0.25, -0.2) is 0 Å². The summed E-state index contributed by atoms with van der Waals surface area (Å²) < 4.78 is 0. The number of imide groups is 1. The minimum atomic E-state index is -0.422. The predicted octanol–water partition coefficient (Wildman–Crippen LogP) is 2.27. The molecule has 134 valence electrons. The molecule has 7 nitrogen and oxygen atoms in total. The molecule has 1 aromatic carbocycles. The summed E-state index contributed by atoms with van der Waals surface area (Å²) in [4.78, 5) is 37.1. The van der Waals surface area contributed by atoms with Crippen molar-refractivity contribution in [3.05, 3.63) is 33.7 Å². The average Bonchev–Trinajstić information content (AvgIpc) is 3.14. The predicted molar refractivity (Wildman–Crippen MR) is 99.5 cm³/mol. The molecular weight excluding hydrogens is 376 g/mol. The van der Waals surface area contributed by atoms with E-state index in [1.807, 2.05) is 17.0 Å². The summed E-state index contributed by atoms with van der Waals surface area (Å²) >= 11 is 7.24. The molecule has 26 heavy (non-hydrogen) atoms. The number of hydrogen-bond acceptors (Lipinski definition) is 6. The van der Waals surface area contributed by atoms with Crippen molar-refractivity contribution < 1.29 is 14.4 Å². The van der Waals surface area contributed by atoms with E-state index in [2.05, 4.69) is 10.6 Å². The Labute approximate surface area is 159 Å². The van der Waals surface area contributed by atoms with Crippen molar-refractivity contribution in [1.82, 2.24) is 10.6 Å². The van der Waals surface area contributed by atoms with Crippen LogP contribution in [0, 0.1) is 11.3 Å². The minimum Gasteiger partial charge on any atom is -0.368 e. The molecule has 2 saturated heterocycles. The molecule has 9 heteroatoms. The Balaban J connectivity index is 1.82. The molecule has 2 aliphatic rings. The van der Waals surface area contributed by atoms with Crippen molar-refractivity contribution in [1.29, 1.82) is 5.26 Å². The quantitative estimate of drug-likeness (QED) is 0.764. The van der Waals surface area contributed by atoms with Crippen LogP contribution in [-0.2, 0) is 9.59 Å². The molecule has 1 atom stereocenters. The van der Waals surface area contributed by atoms with Gasteiger partial charge in [-0.15, -0.1) is 0 Å².